The van der Waals surface area contributed by atoms with E-state index in [4.69, 9.17) is 4.74 Å². The molecule has 158 valence electrons. The summed E-state index contributed by atoms with van der Waals surface area (Å²) in [5, 5.41) is 5.24. The van der Waals surface area contributed by atoms with Gasteiger partial charge >= 0.3 is 0 Å². The first-order chi connectivity index (χ1) is 15.9. The summed E-state index contributed by atoms with van der Waals surface area (Å²) in [6.45, 7) is 4.89. The number of benzene rings is 4. The van der Waals surface area contributed by atoms with Crippen LogP contribution in [0, 0.1) is 0 Å². The number of allylic oxidation sites excluding steroid dienone is 2. The van der Waals surface area contributed by atoms with E-state index in [0.717, 1.165) is 39.3 Å². The predicted molar refractivity (Wildman–Crippen MR) is 136 cm³/mol. The van der Waals surface area contributed by atoms with Crippen molar-refractivity contribution in [2.24, 2.45) is 0 Å². The van der Waals surface area contributed by atoms with Gasteiger partial charge in [-0.15, -0.1) is 0 Å². The van der Waals surface area contributed by atoms with Gasteiger partial charge in [-0.3, -0.25) is 4.90 Å². The largest absolute Gasteiger partial charge is 0.379 e. The lowest BCUT2D eigenvalue weighted by atomic mass is 9.95. The molecule has 0 atom stereocenters. The van der Waals surface area contributed by atoms with E-state index in [1.807, 2.05) is 0 Å². The molecule has 2 aliphatic rings. The molecule has 0 N–H and O–H groups in total. The normalized spacial score (nSPS) is 17.8. The molecule has 32 heavy (non-hydrogen) atoms. The van der Waals surface area contributed by atoms with E-state index >= 15 is 0 Å². The van der Waals surface area contributed by atoms with Crippen molar-refractivity contribution < 1.29 is 4.74 Å². The summed E-state index contributed by atoms with van der Waals surface area (Å²) in [6, 6.07) is 28.7. The zero-order valence-electron chi connectivity index (χ0n) is 18.3. The Hall–Kier alpha value is -3.20. The summed E-state index contributed by atoms with van der Waals surface area (Å²) in [5.41, 5.74) is 6.79. The van der Waals surface area contributed by atoms with Crippen LogP contribution < -0.4 is 0 Å². The lowest BCUT2D eigenvalue weighted by Crippen LogP contribution is -2.36. The minimum absolute atomic E-state index is 0.857. The molecule has 4 aromatic rings. The molecule has 1 fully saturated rings. The van der Waals surface area contributed by atoms with Crippen LogP contribution >= 0.6 is 0 Å². The standard InChI is InChI=1S/C30H27NO/c1-2-11-29-22(6-1)12-13-23-7-5-8-25(30(23)29)21-26-20-24(27-9-3-4-10-28(26)27)14-15-31-16-18-32-19-17-31/h1-13,20-21H,14-19H2/b26-21+. The molecule has 0 aromatic heterocycles. The summed E-state index contributed by atoms with van der Waals surface area (Å²) in [6.07, 6.45) is 5.87. The SMILES string of the molecule is C1=C(CCN2CCOCC2)c2ccccc2/C1=C/c1cccc2ccc3ccccc3c12. The number of fused-ring (bicyclic) bond motifs is 4. The second-order valence-electron chi connectivity index (χ2n) is 8.75. The maximum Gasteiger partial charge on any atom is 0.0594 e. The van der Waals surface area contributed by atoms with Gasteiger partial charge in [-0.25, -0.2) is 0 Å². The molecular weight excluding hydrogens is 390 g/mol. The van der Waals surface area contributed by atoms with Crippen molar-refractivity contribution in [2.75, 3.05) is 32.8 Å². The Morgan fingerprint density at radius 1 is 0.750 bits per heavy atom. The van der Waals surface area contributed by atoms with E-state index in [2.05, 4.69) is 95.9 Å². The van der Waals surface area contributed by atoms with Crippen LogP contribution in [-0.4, -0.2) is 37.7 Å². The van der Waals surface area contributed by atoms with Crippen LogP contribution in [0.2, 0.25) is 0 Å². The summed E-state index contributed by atoms with van der Waals surface area (Å²) >= 11 is 0. The summed E-state index contributed by atoms with van der Waals surface area (Å²) in [7, 11) is 0. The molecule has 4 aromatic carbocycles. The lowest BCUT2D eigenvalue weighted by molar-refractivity contribution is 0.0390. The van der Waals surface area contributed by atoms with Gasteiger partial charge in [0.15, 0.2) is 0 Å². The summed E-state index contributed by atoms with van der Waals surface area (Å²) < 4.78 is 5.51. The molecule has 0 radical (unpaired) electrons. The minimum atomic E-state index is 0.857. The molecule has 0 saturated carbocycles. The Kier molecular flexibility index (Phi) is 5.10. The Balaban J connectivity index is 1.42. The van der Waals surface area contributed by atoms with Crippen LogP contribution in [0.5, 0.6) is 0 Å². The van der Waals surface area contributed by atoms with Crippen LogP contribution in [0.3, 0.4) is 0 Å². The van der Waals surface area contributed by atoms with Gasteiger partial charge < -0.3 is 4.74 Å². The lowest BCUT2D eigenvalue weighted by Gasteiger charge is -2.26. The molecule has 1 aliphatic heterocycles. The van der Waals surface area contributed by atoms with E-state index < -0.39 is 0 Å². The smallest absolute Gasteiger partial charge is 0.0594 e. The topological polar surface area (TPSA) is 12.5 Å². The second-order valence-corrected chi connectivity index (χ2v) is 8.75. The van der Waals surface area contributed by atoms with Gasteiger partial charge in [0, 0.05) is 19.6 Å². The summed E-state index contributed by atoms with van der Waals surface area (Å²) in [5.74, 6) is 0. The number of nitrogens with zero attached hydrogens (tertiary/aromatic N) is 1. The maximum absolute atomic E-state index is 5.51. The third-order valence-electron chi connectivity index (χ3n) is 6.83. The highest BCUT2D eigenvalue weighted by Crippen LogP contribution is 2.39. The Bertz CT molecular complexity index is 1360. The number of hydrogen-bond donors (Lipinski definition) is 0. The molecule has 0 bridgehead atoms. The van der Waals surface area contributed by atoms with Gasteiger partial charge in [-0.2, -0.15) is 0 Å². The van der Waals surface area contributed by atoms with Crippen LogP contribution in [0.1, 0.15) is 23.1 Å². The van der Waals surface area contributed by atoms with E-state index in [9.17, 15) is 0 Å². The van der Waals surface area contributed by atoms with Crippen molar-refractivity contribution in [2.45, 2.75) is 6.42 Å². The van der Waals surface area contributed by atoms with Gasteiger partial charge in [-0.05, 0) is 61.9 Å². The fourth-order valence-corrected chi connectivity index (χ4v) is 5.16. The van der Waals surface area contributed by atoms with Crippen molar-refractivity contribution in [3.05, 3.63) is 102 Å². The third-order valence-corrected chi connectivity index (χ3v) is 6.83. The molecule has 2 heteroatoms. The first kappa shape index (κ1) is 19.5. The monoisotopic (exact) mass is 417 g/mol. The molecule has 0 unspecified atom stereocenters. The molecule has 0 spiro atoms. The Morgan fingerprint density at radius 2 is 1.50 bits per heavy atom. The van der Waals surface area contributed by atoms with E-state index in [-0.39, 0.29) is 0 Å². The summed E-state index contributed by atoms with van der Waals surface area (Å²) in [4.78, 5) is 2.52. The third kappa shape index (κ3) is 3.56. The highest BCUT2D eigenvalue weighted by atomic mass is 16.5. The maximum atomic E-state index is 5.51. The van der Waals surface area contributed by atoms with Crippen molar-refractivity contribution >= 4 is 38.8 Å². The van der Waals surface area contributed by atoms with Crippen molar-refractivity contribution in [1.29, 1.82) is 0 Å². The molecule has 1 saturated heterocycles. The zero-order valence-corrected chi connectivity index (χ0v) is 18.3. The zero-order chi connectivity index (χ0) is 21.3. The van der Waals surface area contributed by atoms with Gasteiger partial charge in [0.2, 0.25) is 0 Å². The number of ether oxygens (including phenoxy) is 1. The molecule has 2 nitrogen and oxygen atoms in total. The minimum Gasteiger partial charge on any atom is -0.379 e. The Morgan fingerprint density at radius 3 is 2.41 bits per heavy atom. The highest BCUT2D eigenvalue weighted by Gasteiger charge is 2.19. The molecule has 0 amide bonds. The Labute approximate surface area is 189 Å². The van der Waals surface area contributed by atoms with Crippen molar-refractivity contribution in [3.8, 4) is 0 Å². The van der Waals surface area contributed by atoms with Crippen LogP contribution in [0.25, 0.3) is 38.8 Å². The fourth-order valence-electron chi connectivity index (χ4n) is 5.16. The fraction of sp³-hybridized carbons (Fsp3) is 0.200. The molecule has 1 aliphatic carbocycles. The number of morpholine rings is 1. The van der Waals surface area contributed by atoms with Crippen LogP contribution in [-0.2, 0) is 4.74 Å². The molecular formula is C30H27NO. The van der Waals surface area contributed by atoms with Crippen molar-refractivity contribution in [1.82, 2.24) is 4.90 Å². The quantitative estimate of drug-likeness (QED) is 0.345. The van der Waals surface area contributed by atoms with Gasteiger partial charge in [0.05, 0.1) is 13.2 Å². The molecule has 6 rings (SSSR count). The number of hydrogen-bond acceptors (Lipinski definition) is 2. The average molecular weight is 418 g/mol. The van der Waals surface area contributed by atoms with Crippen LogP contribution in [0.15, 0.2) is 84.9 Å². The van der Waals surface area contributed by atoms with Gasteiger partial charge in [0.1, 0.15) is 0 Å². The predicted octanol–water partition coefficient (Wildman–Crippen LogP) is 6.65. The van der Waals surface area contributed by atoms with Gasteiger partial charge in [-0.1, -0.05) is 84.9 Å². The van der Waals surface area contributed by atoms with Gasteiger partial charge in [0.25, 0.3) is 0 Å². The van der Waals surface area contributed by atoms with E-state index in [1.165, 1.54) is 49.4 Å². The van der Waals surface area contributed by atoms with E-state index in [0.29, 0.717) is 0 Å². The van der Waals surface area contributed by atoms with Crippen LogP contribution in [0.4, 0.5) is 0 Å². The number of rotatable bonds is 4. The molecule has 1 heterocycles. The first-order valence-corrected chi connectivity index (χ1v) is 11.6. The van der Waals surface area contributed by atoms with Crippen molar-refractivity contribution in [3.63, 3.8) is 0 Å². The first-order valence-electron chi connectivity index (χ1n) is 11.6. The van der Waals surface area contributed by atoms with E-state index in [1.54, 1.807) is 0 Å². The highest BCUT2D eigenvalue weighted by molar-refractivity contribution is 6.13. The second kappa shape index (κ2) is 8.38. The average Bonchev–Trinajstić information content (AvgIpc) is 3.21.